The Bertz CT molecular complexity index is 1160. The van der Waals surface area contributed by atoms with Crippen LogP contribution in [0.1, 0.15) is 27.6 Å². The number of amides is 2. The summed E-state index contributed by atoms with van der Waals surface area (Å²) in [6.07, 6.45) is 0. The molecule has 2 amide bonds. The van der Waals surface area contributed by atoms with Gasteiger partial charge in [-0.05, 0) is 54.6 Å². The number of hydrogen-bond acceptors (Lipinski definition) is 5. The topological polar surface area (TPSA) is 125 Å². The molecule has 9 heteroatoms. The van der Waals surface area contributed by atoms with E-state index in [1.165, 1.54) is 55.5 Å². The molecule has 31 heavy (non-hydrogen) atoms. The Morgan fingerprint density at radius 1 is 0.935 bits per heavy atom. The third-order valence-corrected chi connectivity index (χ3v) is 4.10. The van der Waals surface area contributed by atoms with E-state index in [4.69, 9.17) is 4.74 Å². The second-order valence-corrected chi connectivity index (χ2v) is 6.41. The van der Waals surface area contributed by atoms with Crippen LogP contribution in [0, 0.1) is 5.82 Å². The van der Waals surface area contributed by atoms with Crippen LogP contribution in [0.25, 0.3) is 0 Å². The summed E-state index contributed by atoms with van der Waals surface area (Å²) in [6, 6.07) is 13.1. The summed E-state index contributed by atoms with van der Waals surface area (Å²) in [7, 11) is 0. The summed E-state index contributed by atoms with van der Waals surface area (Å²) in [4.78, 5) is 35.4. The van der Waals surface area contributed by atoms with Crippen molar-refractivity contribution in [2.75, 3.05) is 10.6 Å². The Morgan fingerprint density at radius 3 is 2.29 bits per heavy atom. The zero-order chi connectivity index (χ0) is 22.5. The number of phenols is 1. The molecule has 0 aliphatic carbocycles. The van der Waals surface area contributed by atoms with Crippen LogP contribution < -0.4 is 15.4 Å². The minimum atomic E-state index is -1.32. The Hall–Kier alpha value is -4.40. The highest BCUT2D eigenvalue weighted by Crippen LogP contribution is 2.38. The maximum absolute atomic E-state index is 13.0. The summed E-state index contributed by atoms with van der Waals surface area (Å²) in [6.45, 7) is 1.25. The van der Waals surface area contributed by atoms with Gasteiger partial charge in [0.15, 0.2) is 5.75 Å². The SMILES string of the molecule is CC(=O)Nc1c(O)cccc1Oc1ccc(NC(=O)c2ccc(F)cc2)cc1C(=O)O. The van der Waals surface area contributed by atoms with Crippen molar-refractivity contribution in [2.24, 2.45) is 0 Å². The molecule has 0 aliphatic heterocycles. The largest absolute Gasteiger partial charge is 0.506 e. The molecule has 0 fully saturated rings. The number of ether oxygens (including phenoxy) is 1. The molecule has 0 aromatic heterocycles. The van der Waals surface area contributed by atoms with Crippen molar-refractivity contribution in [3.05, 3.63) is 77.6 Å². The Morgan fingerprint density at radius 2 is 1.65 bits per heavy atom. The number of para-hydroxylation sites is 1. The Balaban J connectivity index is 1.89. The number of aromatic hydroxyl groups is 1. The van der Waals surface area contributed by atoms with E-state index in [9.17, 15) is 29.0 Å². The number of carboxylic acids is 1. The third kappa shape index (κ3) is 5.15. The predicted molar refractivity (Wildman–Crippen MR) is 110 cm³/mol. The van der Waals surface area contributed by atoms with Crippen molar-refractivity contribution in [3.8, 4) is 17.2 Å². The van der Waals surface area contributed by atoms with Gasteiger partial charge in [0.2, 0.25) is 5.91 Å². The van der Waals surface area contributed by atoms with Gasteiger partial charge in [0.25, 0.3) is 5.91 Å². The Labute approximate surface area is 175 Å². The molecule has 8 nitrogen and oxygen atoms in total. The van der Waals surface area contributed by atoms with Crippen LogP contribution in [-0.2, 0) is 4.79 Å². The molecule has 0 heterocycles. The first-order valence-electron chi connectivity index (χ1n) is 8.96. The molecular formula is C22H17FN2O6. The van der Waals surface area contributed by atoms with Gasteiger partial charge in [0.1, 0.15) is 28.6 Å². The van der Waals surface area contributed by atoms with Gasteiger partial charge in [0, 0.05) is 18.2 Å². The highest BCUT2D eigenvalue weighted by Gasteiger charge is 2.18. The first-order valence-corrected chi connectivity index (χ1v) is 8.96. The number of carboxylic acid groups (broad SMARTS) is 1. The maximum Gasteiger partial charge on any atom is 0.339 e. The van der Waals surface area contributed by atoms with Crippen molar-refractivity contribution in [1.82, 2.24) is 0 Å². The average Bonchev–Trinajstić information content (AvgIpc) is 2.71. The van der Waals surface area contributed by atoms with Crippen LogP contribution in [0.3, 0.4) is 0 Å². The molecule has 3 rings (SSSR count). The number of rotatable bonds is 6. The van der Waals surface area contributed by atoms with E-state index < -0.39 is 23.6 Å². The molecule has 0 bridgehead atoms. The smallest absolute Gasteiger partial charge is 0.339 e. The summed E-state index contributed by atoms with van der Waals surface area (Å²) in [5, 5.41) is 24.5. The quantitative estimate of drug-likeness (QED) is 0.439. The fourth-order valence-electron chi connectivity index (χ4n) is 2.69. The molecule has 0 unspecified atom stereocenters. The zero-order valence-corrected chi connectivity index (χ0v) is 16.2. The van der Waals surface area contributed by atoms with E-state index in [0.717, 1.165) is 12.1 Å². The molecular weight excluding hydrogens is 407 g/mol. The lowest BCUT2D eigenvalue weighted by atomic mass is 10.1. The lowest BCUT2D eigenvalue weighted by molar-refractivity contribution is -0.114. The molecule has 3 aromatic rings. The number of anilines is 2. The van der Waals surface area contributed by atoms with Gasteiger partial charge >= 0.3 is 5.97 Å². The van der Waals surface area contributed by atoms with Crippen LogP contribution in [0.15, 0.2) is 60.7 Å². The number of aromatic carboxylic acids is 1. The van der Waals surface area contributed by atoms with E-state index in [-0.39, 0.29) is 39.8 Å². The molecule has 0 aliphatic rings. The number of hydrogen-bond donors (Lipinski definition) is 4. The maximum atomic E-state index is 13.0. The van der Waals surface area contributed by atoms with Gasteiger partial charge in [-0.3, -0.25) is 9.59 Å². The van der Waals surface area contributed by atoms with Crippen molar-refractivity contribution < 1.29 is 33.7 Å². The van der Waals surface area contributed by atoms with Gasteiger partial charge < -0.3 is 25.6 Å². The fraction of sp³-hybridized carbons (Fsp3) is 0.0455. The molecule has 3 aromatic carbocycles. The molecule has 158 valence electrons. The van der Waals surface area contributed by atoms with Crippen molar-refractivity contribution in [2.45, 2.75) is 6.92 Å². The number of phenolic OH excluding ortho intramolecular Hbond substituents is 1. The number of nitrogens with one attached hydrogen (secondary N) is 2. The van der Waals surface area contributed by atoms with Crippen LogP contribution in [0.2, 0.25) is 0 Å². The van der Waals surface area contributed by atoms with Crippen LogP contribution in [0.4, 0.5) is 15.8 Å². The summed E-state index contributed by atoms with van der Waals surface area (Å²) < 4.78 is 18.6. The predicted octanol–water partition coefficient (Wildman–Crippen LogP) is 4.23. The molecule has 0 saturated heterocycles. The second kappa shape index (κ2) is 8.95. The number of carbonyl (C=O) groups is 3. The minimum Gasteiger partial charge on any atom is -0.506 e. The third-order valence-electron chi connectivity index (χ3n) is 4.10. The minimum absolute atomic E-state index is 0.0139. The highest BCUT2D eigenvalue weighted by molar-refractivity contribution is 6.05. The van der Waals surface area contributed by atoms with Crippen LogP contribution in [0.5, 0.6) is 17.2 Å². The van der Waals surface area contributed by atoms with E-state index in [1.807, 2.05) is 0 Å². The monoisotopic (exact) mass is 424 g/mol. The van der Waals surface area contributed by atoms with Crippen LogP contribution >= 0.6 is 0 Å². The van der Waals surface area contributed by atoms with Gasteiger partial charge in [-0.2, -0.15) is 0 Å². The van der Waals surface area contributed by atoms with E-state index in [2.05, 4.69) is 10.6 Å². The summed E-state index contributed by atoms with van der Waals surface area (Å²) >= 11 is 0. The van der Waals surface area contributed by atoms with Crippen molar-refractivity contribution in [1.29, 1.82) is 0 Å². The summed E-state index contributed by atoms with van der Waals surface area (Å²) in [5.74, 6) is -3.13. The molecule has 0 spiro atoms. The number of halogens is 1. The fourth-order valence-corrected chi connectivity index (χ4v) is 2.69. The van der Waals surface area contributed by atoms with E-state index >= 15 is 0 Å². The second-order valence-electron chi connectivity index (χ2n) is 6.41. The average molecular weight is 424 g/mol. The summed E-state index contributed by atoms with van der Waals surface area (Å²) in [5.41, 5.74) is 0.0874. The first-order chi connectivity index (χ1) is 14.7. The van der Waals surface area contributed by atoms with Gasteiger partial charge in [-0.1, -0.05) is 6.07 Å². The van der Waals surface area contributed by atoms with Crippen LogP contribution in [-0.4, -0.2) is 28.0 Å². The van der Waals surface area contributed by atoms with E-state index in [0.29, 0.717) is 0 Å². The van der Waals surface area contributed by atoms with E-state index in [1.54, 1.807) is 0 Å². The van der Waals surface area contributed by atoms with Crippen molar-refractivity contribution in [3.63, 3.8) is 0 Å². The normalized spacial score (nSPS) is 10.3. The zero-order valence-electron chi connectivity index (χ0n) is 16.2. The van der Waals surface area contributed by atoms with Gasteiger partial charge in [0.05, 0.1) is 0 Å². The number of carbonyl (C=O) groups excluding carboxylic acids is 2. The molecule has 0 saturated carbocycles. The van der Waals surface area contributed by atoms with Gasteiger partial charge in [-0.15, -0.1) is 0 Å². The molecule has 0 radical (unpaired) electrons. The standard InChI is InChI=1S/C22H17FN2O6/c1-12(26)24-20-17(27)3-2-4-19(20)31-18-10-9-15(11-16(18)22(29)30)25-21(28)13-5-7-14(23)8-6-13/h2-11,27H,1H3,(H,24,26)(H,25,28)(H,29,30). The Kier molecular flexibility index (Phi) is 6.15. The lowest BCUT2D eigenvalue weighted by Crippen LogP contribution is -2.13. The highest BCUT2D eigenvalue weighted by atomic mass is 19.1. The van der Waals surface area contributed by atoms with Crippen molar-refractivity contribution >= 4 is 29.2 Å². The lowest BCUT2D eigenvalue weighted by Gasteiger charge is -2.15. The van der Waals surface area contributed by atoms with Gasteiger partial charge in [-0.25, -0.2) is 9.18 Å². The molecule has 4 N–H and O–H groups in total. The number of benzene rings is 3. The first kappa shape index (κ1) is 21.3. The molecule has 0 atom stereocenters.